The maximum atomic E-state index is 12.8. The Hall–Kier alpha value is -1.66. The van der Waals surface area contributed by atoms with E-state index in [1.165, 1.54) is 31.0 Å². The van der Waals surface area contributed by atoms with Gasteiger partial charge in [0.05, 0.1) is 5.56 Å². The minimum absolute atomic E-state index is 0.0121. The summed E-state index contributed by atoms with van der Waals surface area (Å²) in [5.41, 5.74) is 0.666. The van der Waals surface area contributed by atoms with Gasteiger partial charge in [-0.15, -0.1) is 11.8 Å². The summed E-state index contributed by atoms with van der Waals surface area (Å²) in [6.45, 7) is 2.13. The molecule has 4 nitrogen and oxygen atoms in total. The minimum atomic E-state index is -0.0121. The number of benzene rings is 1. The minimum Gasteiger partial charge on any atom is -0.508 e. The first-order chi connectivity index (χ1) is 13.2. The van der Waals surface area contributed by atoms with Gasteiger partial charge in [-0.05, 0) is 55.3 Å². The lowest BCUT2D eigenvalue weighted by molar-refractivity contribution is 0.0924. The Morgan fingerprint density at radius 3 is 2.78 bits per heavy atom. The standard InChI is InChI=1S/C21H26N2O2S2/c1-2-13-26-21-18(20(25)22-15-7-4-3-5-8-15)11-12-19(23-21)27-17-10-6-9-16(24)14-17/h6,9-12,14-15,24H,2-5,7-8,13H2,1H3,(H,22,25). The zero-order chi connectivity index (χ0) is 19.1. The number of carbonyl (C=O) groups is 1. The summed E-state index contributed by atoms with van der Waals surface area (Å²) in [4.78, 5) is 18.5. The third-order valence-electron chi connectivity index (χ3n) is 4.50. The van der Waals surface area contributed by atoms with Crippen LogP contribution in [0.2, 0.25) is 0 Å². The topological polar surface area (TPSA) is 62.2 Å². The van der Waals surface area contributed by atoms with Gasteiger partial charge in [0.25, 0.3) is 5.91 Å². The average molecular weight is 403 g/mol. The van der Waals surface area contributed by atoms with Crippen LogP contribution in [0.1, 0.15) is 55.8 Å². The molecule has 6 heteroatoms. The highest BCUT2D eigenvalue weighted by Crippen LogP contribution is 2.31. The van der Waals surface area contributed by atoms with E-state index in [9.17, 15) is 9.90 Å². The number of nitrogens with one attached hydrogen (secondary N) is 1. The third kappa shape index (κ3) is 5.91. The van der Waals surface area contributed by atoms with E-state index in [4.69, 9.17) is 4.98 Å². The molecule has 1 aliphatic carbocycles. The molecule has 0 aliphatic heterocycles. The van der Waals surface area contributed by atoms with E-state index in [2.05, 4.69) is 12.2 Å². The van der Waals surface area contributed by atoms with Crippen molar-refractivity contribution in [1.29, 1.82) is 0 Å². The first-order valence-electron chi connectivity index (χ1n) is 9.57. The molecule has 1 aromatic heterocycles. The SMILES string of the molecule is CCCSc1nc(Sc2cccc(O)c2)ccc1C(=O)NC1CCCCC1. The second-order valence-electron chi connectivity index (χ2n) is 6.76. The maximum absolute atomic E-state index is 12.8. The van der Waals surface area contributed by atoms with Gasteiger partial charge in [-0.1, -0.05) is 44.0 Å². The monoisotopic (exact) mass is 402 g/mol. The summed E-state index contributed by atoms with van der Waals surface area (Å²) in [6, 6.07) is 11.2. The number of hydrogen-bond acceptors (Lipinski definition) is 5. The molecule has 0 unspecified atom stereocenters. The number of aromatic nitrogens is 1. The summed E-state index contributed by atoms with van der Waals surface area (Å²) >= 11 is 3.12. The fraction of sp³-hybridized carbons (Fsp3) is 0.429. The van der Waals surface area contributed by atoms with E-state index >= 15 is 0 Å². The van der Waals surface area contributed by atoms with Crippen LogP contribution in [0, 0.1) is 0 Å². The van der Waals surface area contributed by atoms with Gasteiger partial charge in [-0.2, -0.15) is 0 Å². The number of carbonyl (C=O) groups excluding carboxylic acids is 1. The van der Waals surface area contributed by atoms with Gasteiger partial charge >= 0.3 is 0 Å². The van der Waals surface area contributed by atoms with Crippen LogP contribution in [-0.2, 0) is 0 Å². The molecule has 1 fully saturated rings. The number of hydrogen-bond donors (Lipinski definition) is 2. The van der Waals surface area contributed by atoms with Crippen LogP contribution in [-0.4, -0.2) is 27.8 Å². The van der Waals surface area contributed by atoms with Crippen molar-refractivity contribution in [3.05, 3.63) is 42.0 Å². The first-order valence-corrected chi connectivity index (χ1v) is 11.4. The van der Waals surface area contributed by atoms with Gasteiger partial charge in [-0.25, -0.2) is 4.98 Å². The Labute approximate surface area is 169 Å². The van der Waals surface area contributed by atoms with Crippen LogP contribution >= 0.6 is 23.5 Å². The summed E-state index contributed by atoms with van der Waals surface area (Å²) in [5.74, 6) is 1.16. The second-order valence-corrected chi connectivity index (χ2v) is 8.94. The van der Waals surface area contributed by atoms with Crippen LogP contribution in [0.15, 0.2) is 51.3 Å². The largest absolute Gasteiger partial charge is 0.508 e. The van der Waals surface area contributed by atoms with Gasteiger partial charge in [0.2, 0.25) is 0 Å². The van der Waals surface area contributed by atoms with Gasteiger partial charge < -0.3 is 10.4 Å². The maximum Gasteiger partial charge on any atom is 0.254 e. The molecule has 1 aromatic carbocycles. The molecular formula is C21H26N2O2S2. The highest BCUT2D eigenvalue weighted by atomic mass is 32.2. The molecule has 1 saturated carbocycles. The number of nitrogens with zero attached hydrogens (tertiary/aromatic N) is 1. The van der Waals surface area contributed by atoms with Crippen molar-refractivity contribution in [3.8, 4) is 5.75 Å². The number of aromatic hydroxyl groups is 1. The number of thioether (sulfide) groups is 1. The molecule has 1 heterocycles. The van der Waals surface area contributed by atoms with E-state index in [-0.39, 0.29) is 17.7 Å². The average Bonchev–Trinajstić information content (AvgIpc) is 2.67. The normalized spacial score (nSPS) is 14.9. The second kappa shape index (κ2) is 10.0. The Bertz CT molecular complexity index is 777. The number of amides is 1. The van der Waals surface area contributed by atoms with Gasteiger partial charge in [-0.3, -0.25) is 4.79 Å². The van der Waals surface area contributed by atoms with Crippen LogP contribution in [0.3, 0.4) is 0 Å². The zero-order valence-electron chi connectivity index (χ0n) is 15.6. The molecular weight excluding hydrogens is 376 g/mol. The van der Waals surface area contributed by atoms with Gasteiger partial charge in [0.1, 0.15) is 15.8 Å². The predicted octanol–water partition coefficient (Wildman–Crippen LogP) is 5.50. The summed E-state index contributed by atoms with van der Waals surface area (Å²) < 4.78 is 0. The lowest BCUT2D eigenvalue weighted by Gasteiger charge is -2.23. The van der Waals surface area contributed by atoms with Gasteiger partial charge in [0.15, 0.2) is 0 Å². The van der Waals surface area contributed by atoms with Gasteiger partial charge in [0, 0.05) is 10.9 Å². The van der Waals surface area contributed by atoms with E-state index < -0.39 is 0 Å². The predicted molar refractivity (Wildman–Crippen MR) is 112 cm³/mol. The highest BCUT2D eigenvalue weighted by Gasteiger charge is 2.20. The fourth-order valence-corrected chi connectivity index (χ4v) is 4.91. The smallest absolute Gasteiger partial charge is 0.254 e. The van der Waals surface area contributed by atoms with Crippen molar-refractivity contribution < 1.29 is 9.90 Å². The Kier molecular flexibility index (Phi) is 7.47. The Morgan fingerprint density at radius 2 is 2.04 bits per heavy atom. The van der Waals surface area contributed by atoms with Crippen molar-refractivity contribution in [1.82, 2.24) is 10.3 Å². The quantitative estimate of drug-likeness (QED) is 0.599. The molecule has 3 rings (SSSR count). The number of phenols is 1. The van der Waals surface area contributed by atoms with Crippen LogP contribution in [0.4, 0.5) is 0 Å². The Balaban J connectivity index is 1.77. The van der Waals surface area contributed by atoms with Crippen LogP contribution in [0.5, 0.6) is 5.75 Å². The van der Waals surface area contributed by atoms with Crippen molar-refractivity contribution >= 4 is 29.4 Å². The van der Waals surface area contributed by atoms with Crippen LogP contribution < -0.4 is 5.32 Å². The van der Waals surface area contributed by atoms with E-state index in [0.29, 0.717) is 5.56 Å². The fourth-order valence-electron chi connectivity index (χ4n) is 3.14. The molecule has 0 bridgehead atoms. The van der Waals surface area contributed by atoms with E-state index in [1.807, 2.05) is 24.3 Å². The lowest BCUT2D eigenvalue weighted by atomic mass is 9.95. The van der Waals surface area contributed by atoms with E-state index in [0.717, 1.165) is 40.0 Å². The van der Waals surface area contributed by atoms with Crippen molar-refractivity contribution in [2.45, 2.75) is 66.4 Å². The first kappa shape index (κ1) is 20.1. The van der Waals surface area contributed by atoms with Crippen molar-refractivity contribution in [3.63, 3.8) is 0 Å². The van der Waals surface area contributed by atoms with Crippen molar-refractivity contribution in [2.75, 3.05) is 5.75 Å². The zero-order valence-corrected chi connectivity index (χ0v) is 17.2. The van der Waals surface area contributed by atoms with Crippen LogP contribution in [0.25, 0.3) is 0 Å². The third-order valence-corrected chi connectivity index (χ3v) is 6.63. The molecule has 2 aromatic rings. The summed E-state index contributed by atoms with van der Waals surface area (Å²) in [5, 5.41) is 14.5. The number of pyridine rings is 1. The molecule has 2 N–H and O–H groups in total. The molecule has 144 valence electrons. The highest BCUT2D eigenvalue weighted by molar-refractivity contribution is 8.00. The van der Waals surface area contributed by atoms with Crippen molar-refractivity contribution in [2.24, 2.45) is 0 Å². The molecule has 0 atom stereocenters. The molecule has 27 heavy (non-hydrogen) atoms. The summed E-state index contributed by atoms with van der Waals surface area (Å²) in [6.07, 6.45) is 6.83. The lowest BCUT2D eigenvalue weighted by Crippen LogP contribution is -2.36. The molecule has 0 radical (unpaired) electrons. The molecule has 0 spiro atoms. The molecule has 0 saturated heterocycles. The number of phenolic OH excluding ortho intramolecular Hbond substituents is 1. The molecule has 1 aliphatic rings. The Morgan fingerprint density at radius 1 is 1.22 bits per heavy atom. The summed E-state index contributed by atoms with van der Waals surface area (Å²) in [7, 11) is 0. The molecule has 1 amide bonds. The number of rotatable bonds is 7. The van der Waals surface area contributed by atoms with E-state index in [1.54, 1.807) is 23.9 Å².